The summed E-state index contributed by atoms with van der Waals surface area (Å²) in [5, 5.41) is 0.755. The third-order valence-corrected chi connectivity index (χ3v) is 7.03. The molecule has 0 saturated heterocycles. The van der Waals surface area contributed by atoms with E-state index in [0.29, 0.717) is 12.1 Å². The maximum Gasteiger partial charge on any atom is 0.260 e. The number of imidazole rings is 1. The highest BCUT2D eigenvalue weighted by molar-refractivity contribution is 7.99. The number of thiazole rings is 1. The molecule has 7 heteroatoms. The molecule has 31 heavy (non-hydrogen) atoms. The third kappa shape index (κ3) is 5.17. The van der Waals surface area contributed by atoms with Gasteiger partial charge in [-0.3, -0.25) is 9.69 Å². The van der Waals surface area contributed by atoms with Gasteiger partial charge in [0.05, 0.1) is 16.5 Å². The second-order valence-electron chi connectivity index (χ2n) is 7.22. The van der Waals surface area contributed by atoms with E-state index >= 15 is 0 Å². The molecule has 5 nitrogen and oxygen atoms in total. The van der Waals surface area contributed by atoms with Crippen LogP contribution in [0, 0.1) is 0 Å². The fourth-order valence-corrected chi connectivity index (χ4v) is 5.14. The largest absolute Gasteiger partial charge is 0.337 e. The van der Waals surface area contributed by atoms with E-state index in [1.165, 1.54) is 10.5 Å². The van der Waals surface area contributed by atoms with Gasteiger partial charge in [0.15, 0.2) is 5.13 Å². The Morgan fingerprint density at radius 2 is 2.00 bits per heavy atom. The van der Waals surface area contributed by atoms with Gasteiger partial charge in [0.2, 0.25) is 0 Å². The molecule has 2 aromatic carbocycles. The Morgan fingerprint density at radius 1 is 1.16 bits per heavy atom. The van der Waals surface area contributed by atoms with Gasteiger partial charge in [-0.15, -0.1) is 11.8 Å². The second-order valence-corrected chi connectivity index (χ2v) is 9.57. The zero-order valence-corrected chi connectivity index (χ0v) is 19.5. The molecule has 4 rings (SSSR count). The molecule has 160 valence electrons. The Bertz CT molecular complexity index is 1140. The van der Waals surface area contributed by atoms with Crippen molar-refractivity contribution in [2.75, 3.05) is 17.2 Å². The van der Waals surface area contributed by atoms with Crippen molar-refractivity contribution in [3.8, 4) is 0 Å². The van der Waals surface area contributed by atoms with E-state index in [0.717, 1.165) is 40.5 Å². The molecule has 0 spiro atoms. The average molecular weight is 451 g/mol. The standard InChI is InChI=1S/C24H26N4OS2/c1-3-18-6-11-21-22(16-18)31-24(26-21)28(14-5-13-27-15-12-25-17-27)23(29)19-7-9-20(10-8-19)30-4-2/h6-12,15-17H,3-5,13-14H2,1-2H3. The second kappa shape index (κ2) is 10.1. The first-order valence-electron chi connectivity index (χ1n) is 10.6. The maximum atomic E-state index is 13.5. The van der Waals surface area contributed by atoms with Crippen LogP contribution >= 0.6 is 23.1 Å². The van der Waals surface area contributed by atoms with Crippen LogP contribution in [0.5, 0.6) is 0 Å². The molecule has 0 aliphatic carbocycles. The lowest BCUT2D eigenvalue weighted by molar-refractivity contribution is 0.0986. The molecule has 0 fully saturated rings. The minimum atomic E-state index is -0.00606. The molecule has 0 aliphatic rings. The van der Waals surface area contributed by atoms with Crippen LogP contribution in [0.15, 0.2) is 66.1 Å². The van der Waals surface area contributed by atoms with E-state index in [-0.39, 0.29) is 5.91 Å². The van der Waals surface area contributed by atoms with Gasteiger partial charge in [0, 0.05) is 35.9 Å². The van der Waals surface area contributed by atoms with Crippen LogP contribution in [0.1, 0.15) is 36.2 Å². The fourth-order valence-electron chi connectivity index (χ4n) is 3.42. The smallest absolute Gasteiger partial charge is 0.260 e. The quantitative estimate of drug-likeness (QED) is 0.298. The first-order chi connectivity index (χ1) is 15.2. The van der Waals surface area contributed by atoms with Crippen molar-refractivity contribution in [1.82, 2.24) is 14.5 Å². The molecule has 0 radical (unpaired) electrons. The summed E-state index contributed by atoms with van der Waals surface area (Å²) in [7, 11) is 0. The van der Waals surface area contributed by atoms with Gasteiger partial charge >= 0.3 is 0 Å². The number of nitrogens with zero attached hydrogens (tertiary/aromatic N) is 4. The highest BCUT2D eigenvalue weighted by Crippen LogP contribution is 2.31. The number of carbonyl (C=O) groups excluding carboxylic acids is 1. The van der Waals surface area contributed by atoms with Gasteiger partial charge in [-0.25, -0.2) is 9.97 Å². The van der Waals surface area contributed by atoms with Crippen molar-refractivity contribution in [3.05, 3.63) is 72.3 Å². The van der Waals surface area contributed by atoms with Crippen LogP contribution in [0.2, 0.25) is 0 Å². The minimum absolute atomic E-state index is 0.00606. The van der Waals surface area contributed by atoms with Crippen molar-refractivity contribution in [2.45, 2.75) is 38.1 Å². The lowest BCUT2D eigenvalue weighted by Crippen LogP contribution is -2.32. The van der Waals surface area contributed by atoms with Crippen LogP contribution in [-0.2, 0) is 13.0 Å². The summed E-state index contributed by atoms with van der Waals surface area (Å²) in [6.07, 6.45) is 7.33. The predicted octanol–water partition coefficient (Wildman–Crippen LogP) is 5.90. The highest BCUT2D eigenvalue weighted by atomic mass is 32.2. The van der Waals surface area contributed by atoms with E-state index in [1.54, 1.807) is 35.6 Å². The molecule has 4 aromatic rings. The van der Waals surface area contributed by atoms with Gasteiger partial charge in [-0.2, -0.15) is 0 Å². The van der Waals surface area contributed by atoms with Crippen molar-refractivity contribution >= 4 is 44.4 Å². The Hall–Kier alpha value is -2.64. The monoisotopic (exact) mass is 450 g/mol. The van der Waals surface area contributed by atoms with Gasteiger partial charge in [0.25, 0.3) is 5.91 Å². The predicted molar refractivity (Wildman–Crippen MR) is 130 cm³/mol. The normalized spacial score (nSPS) is 11.2. The van der Waals surface area contributed by atoms with Crippen LogP contribution in [-0.4, -0.2) is 32.7 Å². The summed E-state index contributed by atoms with van der Waals surface area (Å²) in [4.78, 5) is 25.4. The summed E-state index contributed by atoms with van der Waals surface area (Å²) in [6, 6.07) is 14.2. The number of fused-ring (bicyclic) bond motifs is 1. The van der Waals surface area contributed by atoms with Crippen LogP contribution in [0.3, 0.4) is 0 Å². The molecule has 0 aliphatic heterocycles. The zero-order valence-electron chi connectivity index (χ0n) is 17.8. The molecule has 0 saturated carbocycles. The third-order valence-electron chi connectivity index (χ3n) is 5.10. The Labute approximate surface area is 191 Å². The number of aromatic nitrogens is 3. The molecule has 2 aromatic heterocycles. The van der Waals surface area contributed by atoms with E-state index in [2.05, 4.69) is 37.0 Å². The highest BCUT2D eigenvalue weighted by Gasteiger charge is 2.21. The van der Waals surface area contributed by atoms with Crippen molar-refractivity contribution in [1.29, 1.82) is 0 Å². The number of rotatable bonds is 9. The Kier molecular flexibility index (Phi) is 7.04. The van der Waals surface area contributed by atoms with E-state index in [4.69, 9.17) is 4.98 Å². The summed E-state index contributed by atoms with van der Waals surface area (Å²) in [5.74, 6) is 1.01. The first-order valence-corrected chi connectivity index (χ1v) is 12.4. The van der Waals surface area contributed by atoms with E-state index in [1.807, 2.05) is 39.9 Å². The van der Waals surface area contributed by atoms with Crippen molar-refractivity contribution < 1.29 is 4.79 Å². The number of aryl methyl sites for hydroxylation is 2. The lowest BCUT2D eigenvalue weighted by Gasteiger charge is -2.20. The number of anilines is 1. The number of hydrogen-bond donors (Lipinski definition) is 0. The summed E-state index contributed by atoms with van der Waals surface area (Å²) >= 11 is 3.36. The summed E-state index contributed by atoms with van der Waals surface area (Å²) < 4.78 is 3.15. The SMILES string of the molecule is CCSc1ccc(C(=O)N(CCCn2ccnc2)c2nc3ccc(CC)cc3s2)cc1. The van der Waals surface area contributed by atoms with Gasteiger partial charge in [-0.1, -0.05) is 31.3 Å². The van der Waals surface area contributed by atoms with Crippen LogP contribution < -0.4 is 4.90 Å². The van der Waals surface area contributed by atoms with Crippen LogP contribution in [0.4, 0.5) is 5.13 Å². The fraction of sp³-hybridized carbons (Fsp3) is 0.292. The molecule has 0 unspecified atom stereocenters. The number of amides is 1. The zero-order chi connectivity index (χ0) is 21.6. The van der Waals surface area contributed by atoms with Gasteiger partial charge in [0.1, 0.15) is 0 Å². The average Bonchev–Trinajstić information content (AvgIpc) is 3.46. The van der Waals surface area contributed by atoms with Crippen LogP contribution in [0.25, 0.3) is 10.2 Å². The summed E-state index contributed by atoms with van der Waals surface area (Å²) in [5.41, 5.74) is 2.92. The number of benzene rings is 2. The first kappa shape index (κ1) is 21.6. The van der Waals surface area contributed by atoms with Gasteiger partial charge < -0.3 is 4.57 Å². The van der Waals surface area contributed by atoms with Gasteiger partial charge in [-0.05, 0) is 60.6 Å². The Morgan fingerprint density at radius 3 is 2.71 bits per heavy atom. The molecular weight excluding hydrogens is 424 g/mol. The summed E-state index contributed by atoms with van der Waals surface area (Å²) in [6.45, 7) is 5.68. The molecule has 2 heterocycles. The number of hydrogen-bond acceptors (Lipinski definition) is 5. The van der Waals surface area contributed by atoms with E-state index in [9.17, 15) is 4.79 Å². The van der Waals surface area contributed by atoms with E-state index < -0.39 is 0 Å². The molecule has 0 N–H and O–H groups in total. The Balaban J connectivity index is 1.60. The lowest BCUT2D eigenvalue weighted by atomic mass is 10.2. The topological polar surface area (TPSA) is 51.0 Å². The molecule has 0 bridgehead atoms. The van der Waals surface area contributed by atoms with Crippen molar-refractivity contribution in [2.24, 2.45) is 0 Å². The number of thioether (sulfide) groups is 1. The molecular formula is C24H26N4OS2. The number of carbonyl (C=O) groups is 1. The van der Waals surface area contributed by atoms with Crippen molar-refractivity contribution in [3.63, 3.8) is 0 Å². The molecule has 0 atom stereocenters. The minimum Gasteiger partial charge on any atom is -0.337 e. The maximum absolute atomic E-state index is 13.5. The molecule has 1 amide bonds.